The van der Waals surface area contributed by atoms with Gasteiger partial charge in [0.15, 0.2) is 0 Å². The topological polar surface area (TPSA) is 89.7 Å². The molecule has 8 nitrogen and oxygen atoms in total. The zero-order chi connectivity index (χ0) is 23.0. The lowest BCUT2D eigenvalue weighted by Crippen LogP contribution is -2.44. The first-order valence-electron chi connectivity index (χ1n) is 11.4. The summed E-state index contributed by atoms with van der Waals surface area (Å²) in [6.45, 7) is 4.38. The fraction of sp³-hybridized carbons (Fsp3) is 0.400. The lowest BCUT2D eigenvalue weighted by atomic mass is 10.0. The molecule has 0 bridgehead atoms. The van der Waals surface area contributed by atoms with Crippen LogP contribution in [-0.2, 0) is 11.2 Å². The number of ether oxygens (including phenoxy) is 2. The number of piperidine rings is 1. The van der Waals surface area contributed by atoms with Gasteiger partial charge in [-0.25, -0.2) is 0 Å². The minimum absolute atomic E-state index is 0.0127. The second kappa shape index (κ2) is 10.8. The van der Waals surface area contributed by atoms with Crippen molar-refractivity contribution < 1.29 is 18.8 Å². The van der Waals surface area contributed by atoms with E-state index in [1.807, 2.05) is 43.3 Å². The molecule has 8 heteroatoms. The highest BCUT2D eigenvalue weighted by Crippen LogP contribution is 2.23. The molecular formula is C25H30N4O4. The Kier molecular flexibility index (Phi) is 7.44. The van der Waals surface area contributed by atoms with Gasteiger partial charge in [-0.05, 0) is 68.3 Å². The summed E-state index contributed by atoms with van der Waals surface area (Å²) in [5.41, 5.74) is 2.03. The highest BCUT2D eigenvalue weighted by Gasteiger charge is 2.21. The predicted molar refractivity (Wildman–Crippen MR) is 126 cm³/mol. The van der Waals surface area contributed by atoms with Crippen molar-refractivity contribution in [2.45, 2.75) is 38.6 Å². The van der Waals surface area contributed by atoms with Crippen LogP contribution in [0.15, 0.2) is 53.1 Å². The van der Waals surface area contributed by atoms with E-state index in [0.717, 1.165) is 43.0 Å². The molecule has 0 unspecified atom stereocenters. The number of aromatic nitrogens is 2. The molecule has 0 atom stereocenters. The molecule has 1 N–H and O–H groups in total. The van der Waals surface area contributed by atoms with E-state index >= 15 is 0 Å². The molecule has 1 aliphatic rings. The Morgan fingerprint density at radius 3 is 2.45 bits per heavy atom. The maximum atomic E-state index is 12.4. The summed E-state index contributed by atoms with van der Waals surface area (Å²) in [4.78, 5) is 19.2. The van der Waals surface area contributed by atoms with Crippen LogP contribution in [0.2, 0.25) is 0 Å². The highest BCUT2D eigenvalue weighted by molar-refractivity contribution is 5.76. The lowest BCUT2D eigenvalue weighted by molar-refractivity contribution is -0.122. The molecule has 0 radical (unpaired) electrons. The van der Waals surface area contributed by atoms with Crippen molar-refractivity contribution in [2.75, 3.05) is 31.7 Å². The molecular weight excluding hydrogens is 420 g/mol. The van der Waals surface area contributed by atoms with Crippen LogP contribution in [0.3, 0.4) is 0 Å². The SMILES string of the molecule is CCOc1ccc(-c2noc(CCC(=O)NC3CCN(c4ccc(OC)cc4)CC3)n2)cc1. The molecule has 2 heterocycles. The number of benzene rings is 2. The van der Waals surface area contributed by atoms with Gasteiger partial charge in [-0.3, -0.25) is 4.79 Å². The van der Waals surface area contributed by atoms with E-state index in [4.69, 9.17) is 14.0 Å². The fourth-order valence-electron chi connectivity index (χ4n) is 3.94. The summed E-state index contributed by atoms with van der Waals surface area (Å²) in [6.07, 6.45) is 2.57. The van der Waals surface area contributed by atoms with Gasteiger partial charge in [0.1, 0.15) is 11.5 Å². The zero-order valence-corrected chi connectivity index (χ0v) is 19.1. The summed E-state index contributed by atoms with van der Waals surface area (Å²) in [5.74, 6) is 2.65. The average Bonchev–Trinajstić information content (AvgIpc) is 3.33. The van der Waals surface area contributed by atoms with Crippen LogP contribution in [-0.4, -0.2) is 48.9 Å². The van der Waals surface area contributed by atoms with Crippen LogP contribution in [0.5, 0.6) is 11.5 Å². The fourth-order valence-corrected chi connectivity index (χ4v) is 3.94. The molecule has 0 aliphatic carbocycles. The molecule has 1 saturated heterocycles. The van der Waals surface area contributed by atoms with Crippen molar-refractivity contribution in [1.29, 1.82) is 0 Å². The number of methoxy groups -OCH3 is 1. The van der Waals surface area contributed by atoms with E-state index in [9.17, 15) is 4.79 Å². The summed E-state index contributed by atoms with van der Waals surface area (Å²) in [5, 5.41) is 7.18. The van der Waals surface area contributed by atoms with Crippen molar-refractivity contribution in [1.82, 2.24) is 15.5 Å². The average molecular weight is 451 g/mol. The van der Waals surface area contributed by atoms with Gasteiger partial charge in [0, 0.05) is 43.2 Å². The number of nitrogens with zero attached hydrogens (tertiary/aromatic N) is 3. The number of anilines is 1. The van der Waals surface area contributed by atoms with Crippen molar-refractivity contribution in [3.8, 4) is 22.9 Å². The molecule has 1 aromatic heterocycles. The minimum atomic E-state index is 0.0127. The maximum absolute atomic E-state index is 12.4. The molecule has 0 saturated carbocycles. The molecule has 4 rings (SSSR count). The first-order valence-corrected chi connectivity index (χ1v) is 11.4. The molecule has 1 aliphatic heterocycles. The van der Waals surface area contributed by atoms with Crippen molar-refractivity contribution >= 4 is 11.6 Å². The van der Waals surface area contributed by atoms with Gasteiger partial charge in [-0.2, -0.15) is 4.98 Å². The van der Waals surface area contributed by atoms with Crippen LogP contribution in [0, 0.1) is 0 Å². The summed E-state index contributed by atoms with van der Waals surface area (Å²) < 4.78 is 16.0. The van der Waals surface area contributed by atoms with Gasteiger partial charge in [-0.1, -0.05) is 5.16 Å². The number of carbonyl (C=O) groups excluding carboxylic acids is 1. The Morgan fingerprint density at radius 2 is 1.79 bits per heavy atom. The largest absolute Gasteiger partial charge is 0.497 e. The monoisotopic (exact) mass is 450 g/mol. The number of carbonyl (C=O) groups is 1. The van der Waals surface area contributed by atoms with Crippen LogP contribution in [0.1, 0.15) is 32.1 Å². The van der Waals surface area contributed by atoms with Crippen molar-refractivity contribution in [3.63, 3.8) is 0 Å². The van der Waals surface area contributed by atoms with Gasteiger partial charge in [0.25, 0.3) is 0 Å². The Hall–Kier alpha value is -3.55. The molecule has 3 aromatic rings. The standard InChI is InChI=1S/C25H30N4O4/c1-3-32-22-8-4-18(5-9-22)25-27-24(33-28-25)13-12-23(30)26-19-14-16-29(17-15-19)20-6-10-21(31-2)11-7-20/h4-11,19H,3,12-17H2,1-2H3,(H,26,30). The van der Waals surface area contributed by atoms with E-state index < -0.39 is 0 Å². The Morgan fingerprint density at radius 1 is 1.09 bits per heavy atom. The van der Waals surface area contributed by atoms with E-state index in [-0.39, 0.29) is 11.9 Å². The van der Waals surface area contributed by atoms with Crippen molar-refractivity contribution in [2.24, 2.45) is 0 Å². The smallest absolute Gasteiger partial charge is 0.227 e. The van der Waals surface area contributed by atoms with Gasteiger partial charge >= 0.3 is 0 Å². The Bertz CT molecular complexity index is 1030. The number of hydrogen-bond donors (Lipinski definition) is 1. The number of aryl methyl sites for hydroxylation is 1. The number of rotatable bonds is 9. The highest BCUT2D eigenvalue weighted by atomic mass is 16.5. The number of hydrogen-bond acceptors (Lipinski definition) is 7. The van der Waals surface area contributed by atoms with Gasteiger partial charge in [0.05, 0.1) is 13.7 Å². The van der Waals surface area contributed by atoms with Crippen LogP contribution < -0.4 is 19.7 Å². The normalized spacial score (nSPS) is 14.2. The first-order chi connectivity index (χ1) is 16.1. The van der Waals surface area contributed by atoms with Gasteiger partial charge < -0.3 is 24.2 Å². The lowest BCUT2D eigenvalue weighted by Gasteiger charge is -2.34. The second-order valence-electron chi connectivity index (χ2n) is 8.00. The van der Waals surface area contributed by atoms with Crippen LogP contribution in [0.25, 0.3) is 11.4 Å². The number of amides is 1. The summed E-state index contributed by atoms with van der Waals surface area (Å²) in [6, 6.07) is 15.8. The van der Waals surface area contributed by atoms with Crippen molar-refractivity contribution in [3.05, 3.63) is 54.4 Å². The quantitative estimate of drug-likeness (QED) is 0.529. The molecule has 33 heavy (non-hydrogen) atoms. The summed E-state index contributed by atoms with van der Waals surface area (Å²) in [7, 11) is 1.67. The number of nitrogens with one attached hydrogen (secondary N) is 1. The van der Waals surface area contributed by atoms with Gasteiger partial charge in [0.2, 0.25) is 17.6 Å². The molecule has 0 spiro atoms. The predicted octanol–water partition coefficient (Wildman–Crippen LogP) is 3.86. The molecule has 1 amide bonds. The molecule has 2 aromatic carbocycles. The third-order valence-electron chi connectivity index (χ3n) is 5.76. The van der Waals surface area contributed by atoms with E-state index in [1.165, 1.54) is 5.69 Å². The third kappa shape index (κ3) is 6.03. The van der Waals surface area contributed by atoms with E-state index in [2.05, 4.69) is 32.5 Å². The summed E-state index contributed by atoms with van der Waals surface area (Å²) >= 11 is 0. The second-order valence-corrected chi connectivity index (χ2v) is 8.00. The van der Waals surface area contributed by atoms with Crippen LogP contribution >= 0.6 is 0 Å². The molecule has 1 fully saturated rings. The van der Waals surface area contributed by atoms with Gasteiger partial charge in [-0.15, -0.1) is 0 Å². The Balaban J connectivity index is 1.21. The van der Waals surface area contributed by atoms with E-state index in [0.29, 0.717) is 31.2 Å². The third-order valence-corrected chi connectivity index (χ3v) is 5.76. The first kappa shape index (κ1) is 22.6. The van der Waals surface area contributed by atoms with E-state index in [1.54, 1.807) is 7.11 Å². The maximum Gasteiger partial charge on any atom is 0.227 e. The molecule has 174 valence electrons. The van der Waals surface area contributed by atoms with Crippen LogP contribution in [0.4, 0.5) is 5.69 Å². The zero-order valence-electron chi connectivity index (χ0n) is 19.1. The minimum Gasteiger partial charge on any atom is -0.497 e. The Labute approximate surface area is 193 Å².